The van der Waals surface area contributed by atoms with Crippen LogP contribution in [0.3, 0.4) is 0 Å². The van der Waals surface area contributed by atoms with Crippen LogP contribution in [0.15, 0.2) is 164 Å². The van der Waals surface area contributed by atoms with E-state index in [1.165, 1.54) is 0 Å². The van der Waals surface area contributed by atoms with Crippen LogP contribution in [0.1, 0.15) is 0 Å². The molecule has 0 N–H and O–H groups in total. The molecule has 0 spiro atoms. The van der Waals surface area contributed by atoms with Crippen LogP contribution in [-0.2, 0) is 4.57 Å². The van der Waals surface area contributed by atoms with E-state index in [-0.39, 0.29) is 0 Å². The average Bonchev–Trinajstić information content (AvgIpc) is 3.33. The van der Waals surface area contributed by atoms with Gasteiger partial charge in [-0.1, -0.05) is 127 Å². The number of benzene rings is 7. The van der Waals surface area contributed by atoms with Gasteiger partial charge in [0.2, 0.25) is 0 Å². The lowest BCUT2D eigenvalue weighted by molar-refractivity contribution is 0.583. The van der Waals surface area contributed by atoms with Crippen molar-refractivity contribution in [1.29, 1.82) is 0 Å². The molecular formula is C38H27N2OP. The van der Waals surface area contributed by atoms with Gasteiger partial charge in [0.15, 0.2) is 0 Å². The van der Waals surface area contributed by atoms with Gasteiger partial charge < -0.3 is 0 Å². The fourth-order valence-electron chi connectivity index (χ4n) is 6.47. The molecule has 7 aromatic rings. The topological polar surface area (TPSA) is 23.6 Å². The smallest absolute Gasteiger partial charge is 0.270 e. The highest BCUT2D eigenvalue weighted by Gasteiger charge is 2.50. The van der Waals surface area contributed by atoms with Crippen LogP contribution in [0.5, 0.6) is 0 Å². The Kier molecular flexibility index (Phi) is 5.73. The second-order valence-electron chi connectivity index (χ2n) is 10.5. The van der Waals surface area contributed by atoms with Crippen molar-refractivity contribution >= 4 is 57.0 Å². The first-order valence-electron chi connectivity index (χ1n) is 14.2. The first-order chi connectivity index (χ1) is 20.8. The SMILES string of the molecule is O=P1(c2c3ccccc3c(-c3ccccc3)c3ccccc23)N(c2ccccc2)c2ccccc2N1c1ccccc1. The minimum absolute atomic E-state index is 0.845. The second kappa shape index (κ2) is 9.76. The zero-order valence-corrected chi connectivity index (χ0v) is 23.7. The summed E-state index contributed by atoms with van der Waals surface area (Å²) < 4.78 is 20.8. The Bertz CT molecular complexity index is 2000. The number of hydrogen-bond acceptors (Lipinski definition) is 1. The number of anilines is 4. The third-order valence-electron chi connectivity index (χ3n) is 8.14. The van der Waals surface area contributed by atoms with E-state index < -0.39 is 7.44 Å². The van der Waals surface area contributed by atoms with Crippen molar-refractivity contribution in [3.05, 3.63) is 164 Å². The number of fused-ring (bicyclic) bond motifs is 3. The van der Waals surface area contributed by atoms with Crippen LogP contribution in [0.2, 0.25) is 0 Å². The monoisotopic (exact) mass is 558 g/mol. The summed E-state index contributed by atoms with van der Waals surface area (Å²) in [5.74, 6) is 0. The van der Waals surface area contributed by atoms with Crippen LogP contribution in [0.25, 0.3) is 32.7 Å². The summed E-state index contributed by atoms with van der Waals surface area (Å²) in [5.41, 5.74) is 5.95. The van der Waals surface area contributed by atoms with Crippen LogP contribution in [-0.4, -0.2) is 0 Å². The van der Waals surface area contributed by atoms with Gasteiger partial charge in [-0.3, -0.25) is 13.9 Å². The van der Waals surface area contributed by atoms with Crippen LogP contribution < -0.4 is 14.6 Å². The van der Waals surface area contributed by atoms with E-state index in [9.17, 15) is 0 Å². The Morgan fingerprint density at radius 3 is 1.19 bits per heavy atom. The van der Waals surface area contributed by atoms with Crippen molar-refractivity contribution in [2.45, 2.75) is 0 Å². The predicted molar refractivity (Wildman–Crippen MR) is 178 cm³/mol. The number of hydrogen-bond donors (Lipinski definition) is 0. The summed E-state index contributed by atoms with van der Waals surface area (Å²) in [4.78, 5) is 0. The number of nitrogens with zero attached hydrogens (tertiary/aromatic N) is 2. The summed E-state index contributed by atoms with van der Waals surface area (Å²) >= 11 is 0. The fourth-order valence-corrected chi connectivity index (χ4v) is 9.88. The second-order valence-corrected chi connectivity index (χ2v) is 12.8. The molecule has 4 heteroatoms. The summed E-state index contributed by atoms with van der Waals surface area (Å²) in [5, 5.41) is 5.01. The van der Waals surface area contributed by atoms with Crippen molar-refractivity contribution in [3.63, 3.8) is 0 Å². The predicted octanol–water partition coefficient (Wildman–Crippen LogP) is 10.5. The summed E-state index contributed by atoms with van der Waals surface area (Å²) in [6.07, 6.45) is 0. The van der Waals surface area contributed by atoms with E-state index in [1.807, 2.05) is 54.6 Å². The lowest BCUT2D eigenvalue weighted by Crippen LogP contribution is -2.28. The molecule has 3 nitrogen and oxygen atoms in total. The van der Waals surface area contributed by atoms with Crippen molar-refractivity contribution < 1.29 is 4.57 Å². The molecule has 0 saturated heterocycles. The molecule has 0 bridgehead atoms. The van der Waals surface area contributed by atoms with Gasteiger partial charge in [-0.05, 0) is 69.1 Å². The van der Waals surface area contributed by atoms with Crippen molar-refractivity contribution in [2.24, 2.45) is 0 Å². The van der Waals surface area contributed by atoms with Gasteiger partial charge in [-0.15, -0.1) is 0 Å². The molecule has 42 heavy (non-hydrogen) atoms. The molecule has 0 amide bonds. The Morgan fingerprint density at radius 2 is 0.738 bits per heavy atom. The third kappa shape index (κ3) is 3.57. The van der Waals surface area contributed by atoms with Gasteiger partial charge in [0, 0.05) is 11.4 Å². The zero-order chi connectivity index (χ0) is 28.1. The zero-order valence-electron chi connectivity index (χ0n) is 22.8. The van der Waals surface area contributed by atoms with Gasteiger partial charge in [0.05, 0.1) is 16.7 Å². The third-order valence-corrected chi connectivity index (χ3v) is 11.2. The van der Waals surface area contributed by atoms with Gasteiger partial charge >= 0.3 is 7.44 Å². The fraction of sp³-hybridized carbons (Fsp3) is 0. The molecular weight excluding hydrogens is 531 g/mol. The molecule has 0 unspecified atom stereocenters. The summed E-state index contributed by atoms with van der Waals surface area (Å²) in [7, 11) is -3.60. The quantitative estimate of drug-likeness (QED) is 0.159. The van der Waals surface area contributed by atoms with E-state index in [1.54, 1.807) is 0 Å². The maximum Gasteiger partial charge on any atom is 0.302 e. The van der Waals surface area contributed by atoms with E-state index in [4.69, 9.17) is 0 Å². The van der Waals surface area contributed by atoms with E-state index in [0.717, 1.165) is 60.7 Å². The van der Waals surface area contributed by atoms with Crippen molar-refractivity contribution in [1.82, 2.24) is 0 Å². The van der Waals surface area contributed by atoms with E-state index >= 15 is 4.57 Å². The molecule has 0 radical (unpaired) electrons. The highest BCUT2D eigenvalue weighted by molar-refractivity contribution is 7.77. The van der Waals surface area contributed by atoms with Gasteiger partial charge in [-0.25, -0.2) is 0 Å². The van der Waals surface area contributed by atoms with Crippen molar-refractivity contribution in [2.75, 3.05) is 9.34 Å². The highest BCUT2D eigenvalue weighted by Crippen LogP contribution is 2.71. The van der Waals surface area contributed by atoms with E-state index in [2.05, 4.69) is 119 Å². The van der Waals surface area contributed by atoms with E-state index in [0.29, 0.717) is 0 Å². The Hall–Kier alpha value is -5.11. The molecule has 1 heterocycles. The molecule has 200 valence electrons. The lowest BCUT2D eigenvalue weighted by Gasteiger charge is -2.35. The normalized spacial score (nSPS) is 13.9. The molecule has 8 rings (SSSR count). The molecule has 1 aliphatic rings. The Balaban J connectivity index is 1.57. The number of para-hydroxylation sites is 4. The van der Waals surface area contributed by atoms with Crippen LogP contribution >= 0.6 is 7.44 Å². The first-order valence-corrected chi connectivity index (χ1v) is 15.8. The summed E-state index contributed by atoms with van der Waals surface area (Å²) in [6, 6.07) is 55.9. The number of rotatable bonds is 4. The molecule has 0 aromatic heterocycles. The maximum atomic E-state index is 16.7. The van der Waals surface area contributed by atoms with Crippen molar-refractivity contribution in [3.8, 4) is 11.1 Å². The molecule has 0 fully saturated rings. The first kappa shape index (κ1) is 24.7. The lowest BCUT2D eigenvalue weighted by atomic mass is 9.92. The molecule has 1 aliphatic heterocycles. The largest absolute Gasteiger partial charge is 0.302 e. The molecule has 0 atom stereocenters. The molecule has 7 aromatic carbocycles. The van der Waals surface area contributed by atoms with Gasteiger partial charge in [-0.2, -0.15) is 0 Å². The molecule has 0 aliphatic carbocycles. The molecule has 0 saturated carbocycles. The van der Waals surface area contributed by atoms with Gasteiger partial charge in [0.1, 0.15) is 0 Å². The minimum Gasteiger partial charge on any atom is -0.270 e. The minimum atomic E-state index is -3.60. The Morgan fingerprint density at radius 1 is 0.381 bits per heavy atom. The standard InChI is InChI=1S/C38H27N2OP/c41-42(38-33-24-12-10-22-31(33)37(28-16-4-1-5-17-28)32-23-11-13-25-34(32)38)39(29-18-6-2-7-19-29)35-26-14-15-27-36(35)40(42)30-20-8-3-9-21-30/h1-27H. The summed E-state index contributed by atoms with van der Waals surface area (Å²) in [6.45, 7) is 0. The highest BCUT2D eigenvalue weighted by atomic mass is 31.2. The average molecular weight is 559 g/mol. The van der Waals surface area contributed by atoms with Crippen LogP contribution in [0, 0.1) is 0 Å². The van der Waals surface area contributed by atoms with Crippen LogP contribution in [0.4, 0.5) is 22.7 Å². The van der Waals surface area contributed by atoms with Gasteiger partial charge in [0.25, 0.3) is 0 Å². The Labute approximate surface area is 245 Å². The maximum absolute atomic E-state index is 16.7.